The van der Waals surface area contributed by atoms with Gasteiger partial charge in [0.15, 0.2) is 0 Å². The zero-order chi connectivity index (χ0) is 13.7. The van der Waals surface area contributed by atoms with Crippen LogP contribution in [-0.2, 0) is 0 Å². The van der Waals surface area contributed by atoms with Gasteiger partial charge in [-0.15, -0.1) is 24.8 Å². The molecule has 1 atom stereocenters. The van der Waals surface area contributed by atoms with E-state index in [2.05, 4.69) is 23.2 Å². The largest absolute Gasteiger partial charge is 0.497 e. The molecule has 1 aromatic rings. The van der Waals surface area contributed by atoms with Crippen molar-refractivity contribution in [2.45, 2.75) is 19.4 Å². The Balaban J connectivity index is 0.00000200. The van der Waals surface area contributed by atoms with E-state index in [1.54, 1.807) is 14.2 Å². The van der Waals surface area contributed by atoms with Crippen LogP contribution in [0.5, 0.6) is 11.5 Å². The number of nitrogens with one attached hydrogen (secondary N) is 1. The predicted octanol–water partition coefficient (Wildman–Crippen LogP) is 2.90. The third-order valence-electron chi connectivity index (χ3n) is 3.77. The summed E-state index contributed by atoms with van der Waals surface area (Å²) in [4.78, 5) is 2.52. The fourth-order valence-corrected chi connectivity index (χ4v) is 2.77. The van der Waals surface area contributed by atoms with Crippen LogP contribution >= 0.6 is 24.8 Å². The number of ether oxygens (including phenoxy) is 2. The second kappa shape index (κ2) is 10.1. The van der Waals surface area contributed by atoms with Crippen LogP contribution in [0.25, 0.3) is 0 Å². The Morgan fingerprint density at radius 1 is 1.14 bits per heavy atom. The Labute approximate surface area is 140 Å². The highest BCUT2D eigenvalue weighted by molar-refractivity contribution is 5.85. The quantitative estimate of drug-likeness (QED) is 0.896. The summed E-state index contributed by atoms with van der Waals surface area (Å²) in [6, 6.07) is 6.45. The number of nitrogens with zero attached hydrogens (tertiary/aromatic N) is 1. The highest BCUT2D eigenvalue weighted by Gasteiger charge is 2.23. The van der Waals surface area contributed by atoms with Gasteiger partial charge in [0.25, 0.3) is 0 Å². The molecule has 0 spiro atoms. The topological polar surface area (TPSA) is 33.7 Å². The van der Waals surface area contributed by atoms with Crippen molar-refractivity contribution in [3.63, 3.8) is 0 Å². The van der Waals surface area contributed by atoms with Gasteiger partial charge >= 0.3 is 0 Å². The average Bonchev–Trinajstić information content (AvgIpc) is 2.49. The number of methoxy groups -OCH3 is 2. The lowest BCUT2D eigenvalue weighted by Crippen LogP contribution is -2.45. The fourth-order valence-electron chi connectivity index (χ4n) is 2.77. The van der Waals surface area contributed by atoms with Crippen LogP contribution in [0.15, 0.2) is 18.2 Å². The molecule has 1 aromatic carbocycles. The molecule has 0 bridgehead atoms. The van der Waals surface area contributed by atoms with E-state index in [1.807, 2.05) is 12.1 Å². The SMILES string of the molecule is CC[C@@H](c1cc(OC)ccc1OC)N1CCNCC1.Cl.Cl. The molecule has 1 aliphatic heterocycles. The Hall–Kier alpha value is -0.680. The van der Waals surface area contributed by atoms with Gasteiger partial charge in [-0.2, -0.15) is 0 Å². The second-order valence-corrected chi connectivity index (χ2v) is 4.82. The summed E-state index contributed by atoms with van der Waals surface area (Å²) in [7, 11) is 3.44. The van der Waals surface area contributed by atoms with E-state index in [4.69, 9.17) is 9.47 Å². The van der Waals surface area contributed by atoms with Crippen LogP contribution in [-0.4, -0.2) is 45.3 Å². The minimum Gasteiger partial charge on any atom is -0.497 e. The van der Waals surface area contributed by atoms with Crippen molar-refractivity contribution in [1.29, 1.82) is 0 Å². The average molecular weight is 337 g/mol. The Kier molecular flexibility index (Phi) is 9.79. The van der Waals surface area contributed by atoms with Crippen molar-refractivity contribution in [2.75, 3.05) is 40.4 Å². The predicted molar refractivity (Wildman–Crippen MR) is 91.5 cm³/mol. The van der Waals surface area contributed by atoms with E-state index in [9.17, 15) is 0 Å². The molecule has 1 saturated heterocycles. The number of piperazine rings is 1. The van der Waals surface area contributed by atoms with Gasteiger partial charge in [-0.3, -0.25) is 4.90 Å². The van der Waals surface area contributed by atoms with Crippen LogP contribution in [0.2, 0.25) is 0 Å². The molecule has 1 N–H and O–H groups in total. The highest BCUT2D eigenvalue weighted by atomic mass is 35.5. The van der Waals surface area contributed by atoms with Crippen LogP contribution in [0.1, 0.15) is 24.9 Å². The van der Waals surface area contributed by atoms with Crippen molar-refractivity contribution < 1.29 is 9.47 Å². The van der Waals surface area contributed by atoms with Gasteiger partial charge in [0.05, 0.1) is 14.2 Å². The van der Waals surface area contributed by atoms with E-state index in [-0.39, 0.29) is 24.8 Å². The van der Waals surface area contributed by atoms with Crippen LogP contribution in [0.4, 0.5) is 0 Å². The molecule has 1 fully saturated rings. The fraction of sp³-hybridized carbons (Fsp3) is 0.600. The molecule has 21 heavy (non-hydrogen) atoms. The number of hydrogen-bond donors (Lipinski definition) is 1. The minimum absolute atomic E-state index is 0. The Bertz CT molecular complexity index is 413. The highest BCUT2D eigenvalue weighted by Crippen LogP contribution is 2.34. The second-order valence-electron chi connectivity index (χ2n) is 4.82. The first-order valence-corrected chi connectivity index (χ1v) is 6.96. The lowest BCUT2D eigenvalue weighted by Gasteiger charge is -2.35. The van der Waals surface area contributed by atoms with Crippen molar-refractivity contribution in [3.8, 4) is 11.5 Å². The van der Waals surface area contributed by atoms with Gasteiger partial charge in [-0.25, -0.2) is 0 Å². The van der Waals surface area contributed by atoms with Crippen LogP contribution in [0.3, 0.4) is 0 Å². The summed E-state index contributed by atoms with van der Waals surface area (Å²) in [5, 5.41) is 3.40. The lowest BCUT2D eigenvalue weighted by molar-refractivity contribution is 0.166. The van der Waals surface area contributed by atoms with E-state index in [0.717, 1.165) is 44.1 Å². The van der Waals surface area contributed by atoms with Gasteiger partial charge < -0.3 is 14.8 Å². The lowest BCUT2D eigenvalue weighted by atomic mass is 10.0. The van der Waals surface area contributed by atoms with Gasteiger partial charge in [-0.1, -0.05) is 6.92 Å². The standard InChI is InChI=1S/C15H24N2O2.2ClH/c1-4-14(17-9-7-16-8-10-17)13-11-12(18-2)5-6-15(13)19-3;;/h5-6,11,14,16H,4,7-10H2,1-3H3;2*1H/t14-;;/m0../s1. The molecule has 0 amide bonds. The molecule has 4 nitrogen and oxygen atoms in total. The summed E-state index contributed by atoms with van der Waals surface area (Å²) in [5.41, 5.74) is 1.23. The number of hydrogen-bond acceptors (Lipinski definition) is 4. The smallest absolute Gasteiger partial charge is 0.123 e. The molecule has 0 radical (unpaired) electrons. The molecule has 1 aliphatic rings. The molecule has 1 heterocycles. The maximum absolute atomic E-state index is 5.52. The van der Waals surface area contributed by atoms with Crippen LogP contribution in [0, 0.1) is 0 Å². The summed E-state index contributed by atoms with van der Waals surface area (Å²) in [6.45, 7) is 6.51. The first-order valence-electron chi connectivity index (χ1n) is 6.96. The summed E-state index contributed by atoms with van der Waals surface area (Å²) in [6.07, 6.45) is 1.07. The number of benzene rings is 1. The van der Waals surface area contributed by atoms with Crippen molar-refractivity contribution in [2.24, 2.45) is 0 Å². The first kappa shape index (κ1) is 20.3. The Morgan fingerprint density at radius 2 is 1.81 bits per heavy atom. The van der Waals surface area contributed by atoms with Crippen LogP contribution < -0.4 is 14.8 Å². The number of halogens is 2. The zero-order valence-electron chi connectivity index (χ0n) is 12.9. The van der Waals surface area contributed by atoms with Crippen molar-refractivity contribution in [1.82, 2.24) is 10.2 Å². The summed E-state index contributed by atoms with van der Waals surface area (Å²) in [5.74, 6) is 1.84. The van der Waals surface area contributed by atoms with E-state index < -0.39 is 0 Å². The van der Waals surface area contributed by atoms with Gasteiger partial charge in [0, 0.05) is 37.8 Å². The van der Waals surface area contributed by atoms with E-state index in [1.165, 1.54) is 5.56 Å². The molecule has 122 valence electrons. The summed E-state index contributed by atoms with van der Waals surface area (Å²) >= 11 is 0. The monoisotopic (exact) mass is 336 g/mol. The minimum atomic E-state index is 0. The molecule has 0 unspecified atom stereocenters. The van der Waals surface area contributed by atoms with Gasteiger partial charge in [0.1, 0.15) is 11.5 Å². The summed E-state index contributed by atoms with van der Waals surface area (Å²) < 4.78 is 10.9. The van der Waals surface area contributed by atoms with E-state index >= 15 is 0 Å². The normalized spacial score (nSPS) is 16.3. The maximum Gasteiger partial charge on any atom is 0.123 e. The third kappa shape index (κ3) is 4.92. The number of rotatable bonds is 5. The molecule has 2 rings (SSSR count). The molecule has 0 aliphatic carbocycles. The zero-order valence-corrected chi connectivity index (χ0v) is 14.6. The molecule has 6 heteroatoms. The van der Waals surface area contributed by atoms with Crippen molar-refractivity contribution in [3.05, 3.63) is 23.8 Å². The van der Waals surface area contributed by atoms with Crippen molar-refractivity contribution >= 4 is 24.8 Å². The first-order chi connectivity index (χ1) is 9.30. The molecular formula is C15H26Cl2N2O2. The molecule has 0 aromatic heterocycles. The Morgan fingerprint density at radius 3 is 2.33 bits per heavy atom. The third-order valence-corrected chi connectivity index (χ3v) is 3.77. The molecule has 0 saturated carbocycles. The van der Waals surface area contributed by atoms with Gasteiger partial charge in [-0.05, 0) is 24.6 Å². The van der Waals surface area contributed by atoms with Gasteiger partial charge in [0.2, 0.25) is 0 Å². The maximum atomic E-state index is 5.52. The van der Waals surface area contributed by atoms with E-state index in [0.29, 0.717) is 6.04 Å². The molecular weight excluding hydrogens is 311 g/mol.